The summed E-state index contributed by atoms with van der Waals surface area (Å²) in [6.45, 7) is 4.44. The second-order valence-electron chi connectivity index (χ2n) is 15.1. The van der Waals surface area contributed by atoms with Gasteiger partial charge in [0, 0.05) is 22.8 Å². The molecule has 0 amide bonds. The van der Waals surface area contributed by atoms with Gasteiger partial charge in [0.2, 0.25) is 0 Å². The molecule has 2 heteroatoms. The SMILES string of the molecule is CC1=CC(N(c2c#cccc2)c2ccc3c(c2)C2(C4=C(C=CCC4)c4ccccc42)C2=C3C=CC(N(c3ccccc3)c3cccc(C)c3)C2)=CCC1. The summed E-state index contributed by atoms with van der Waals surface area (Å²) in [5, 5.41) is 0. The topological polar surface area (TPSA) is 6.48 Å². The summed E-state index contributed by atoms with van der Waals surface area (Å²) >= 11 is 0. The third kappa shape index (κ3) is 4.95. The largest absolute Gasteiger partial charge is 0.334 e. The molecule has 0 N–H and O–H groups in total. The summed E-state index contributed by atoms with van der Waals surface area (Å²) in [7, 11) is 0. The van der Waals surface area contributed by atoms with Gasteiger partial charge < -0.3 is 9.80 Å². The highest BCUT2D eigenvalue weighted by atomic mass is 15.2. The van der Waals surface area contributed by atoms with Gasteiger partial charge in [-0.3, -0.25) is 0 Å². The number of hydrogen-bond donors (Lipinski definition) is 0. The zero-order chi connectivity index (χ0) is 35.5. The van der Waals surface area contributed by atoms with Crippen molar-refractivity contribution in [3.8, 4) is 0 Å². The molecule has 0 saturated carbocycles. The molecule has 5 aromatic rings. The highest BCUT2D eigenvalue weighted by Crippen LogP contribution is 2.65. The molecule has 2 atom stereocenters. The lowest BCUT2D eigenvalue weighted by atomic mass is 9.65. The van der Waals surface area contributed by atoms with Crippen molar-refractivity contribution < 1.29 is 0 Å². The molecule has 0 radical (unpaired) electrons. The molecule has 0 aromatic heterocycles. The predicted molar refractivity (Wildman–Crippen MR) is 221 cm³/mol. The molecule has 1 spiro atoms. The van der Waals surface area contributed by atoms with Crippen molar-refractivity contribution in [2.24, 2.45) is 0 Å². The van der Waals surface area contributed by atoms with Crippen molar-refractivity contribution in [2.45, 2.75) is 57.4 Å². The normalized spacial score (nSPS) is 20.7. The third-order valence-corrected chi connectivity index (χ3v) is 11.9. The van der Waals surface area contributed by atoms with Crippen LogP contribution in [0.2, 0.25) is 0 Å². The lowest BCUT2D eigenvalue weighted by Gasteiger charge is -2.40. The number of hydrogen-bond acceptors (Lipinski definition) is 2. The van der Waals surface area contributed by atoms with Gasteiger partial charge in [-0.1, -0.05) is 109 Å². The fraction of sp³-hybridized carbons (Fsp3) is 0.176. The first-order chi connectivity index (χ1) is 26.1. The molecule has 5 aliphatic rings. The Morgan fingerprint density at radius 1 is 0.679 bits per heavy atom. The summed E-state index contributed by atoms with van der Waals surface area (Å²) in [6, 6.07) is 49.5. The van der Waals surface area contributed by atoms with Crippen LogP contribution in [0.1, 0.15) is 66.8 Å². The zero-order valence-electron chi connectivity index (χ0n) is 30.4. The van der Waals surface area contributed by atoms with E-state index in [1.165, 1.54) is 72.9 Å². The molecule has 53 heavy (non-hydrogen) atoms. The standard InChI is InChI=1S/C51H42N2/c1-35-15-13-21-39(31-35)52(37-17-5-3-6-18-37)41-27-29-45-46-30-28-42(53(38-19-7-4-8-20-38)40-22-14-16-36(2)32-40)34-50(46)51(49(45)33-41)47-25-11-9-23-43(47)44-24-10-12-26-48(44)51/h3-7,9-11,13,15,17-19,21-25,27-32,34,41H,12,14,16,26,33H2,1-2H3. The van der Waals surface area contributed by atoms with Gasteiger partial charge in [-0.15, -0.1) is 0 Å². The van der Waals surface area contributed by atoms with Crippen LogP contribution in [0.3, 0.4) is 0 Å². The molecule has 0 fully saturated rings. The molecule has 10 rings (SSSR count). The zero-order valence-corrected chi connectivity index (χ0v) is 30.4. The first-order valence-electron chi connectivity index (χ1n) is 19.1. The summed E-state index contributed by atoms with van der Waals surface area (Å²) in [5.74, 6) is 0. The maximum Gasteiger partial charge on any atom is 0.0973 e. The number of fused-ring (bicyclic) bond motifs is 8. The Morgan fingerprint density at radius 2 is 1.51 bits per heavy atom. The molecule has 2 nitrogen and oxygen atoms in total. The highest BCUT2D eigenvalue weighted by Gasteiger charge is 2.54. The second-order valence-corrected chi connectivity index (χ2v) is 15.1. The van der Waals surface area contributed by atoms with Gasteiger partial charge in [0.05, 0.1) is 17.1 Å². The molecular formula is C51H42N2. The molecule has 0 aliphatic heterocycles. The van der Waals surface area contributed by atoms with Crippen molar-refractivity contribution in [1.82, 2.24) is 0 Å². The van der Waals surface area contributed by atoms with E-state index in [-0.39, 0.29) is 11.5 Å². The maximum absolute atomic E-state index is 3.46. The van der Waals surface area contributed by atoms with Gasteiger partial charge in [0.25, 0.3) is 0 Å². The van der Waals surface area contributed by atoms with E-state index >= 15 is 0 Å². The minimum Gasteiger partial charge on any atom is -0.334 e. The van der Waals surface area contributed by atoms with E-state index in [9.17, 15) is 0 Å². The molecular weight excluding hydrogens is 641 g/mol. The number of rotatable bonds is 6. The van der Waals surface area contributed by atoms with E-state index in [1.807, 2.05) is 6.07 Å². The maximum atomic E-state index is 3.46. The van der Waals surface area contributed by atoms with Crippen molar-refractivity contribution in [2.75, 3.05) is 9.80 Å². The monoisotopic (exact) mass is 682 g/mol. The van der Waals surface area contributed by atoms with E-state index in [0.717, 1.165) is 37.8 Å². The first-order valence-corrected chi connectivity index (χ1v) is 19.1. The predicted octanol–water partition coefficient (Wildman–Crippen LogP) is 12.7. The van der Waals surface area contributed by atoms with Crippen LogP contribution in [0, 0.1) is 19.1 Å². The number of nitrogens with zero attached hydrogens (tertiary/aromatic N) is 2. The van der Waals surface area contributed by atoms with Gasteiger partial charge in [0.1, 0.15) is 0 Å². The Kier molecular flexibility index (Phi) is 7.51. The van der Waals surface area contributed by atoms with Crippen LogP contribution in [0.5, 0.6) is 0 Å². The lowest BCUT2D eigenvalue weighted by Crippen LogP contribution is -2.36. The molecule has 0 heterocycles. The first kappa shape index (κ1) is 31.7. The minimum atomic E-state index is -0.347. The van der Waals surface area contributed by atoms with Gasteiger partial charge in [0.15, 0.2) is 0 Å². The van der Waals surface area contributed by atoms with Crippen LogP contribution in [0.4, 0.5) is 22.7 Å². The van der Waals surface area contributed by atoms with Crippen LogP contribution in [-0.2, 0) is 5.41 Å². The Balaban J connectivity index is 1.19. The molecule has 0 saturated heterocycles. The summed E-state index contributed by atoms with van der Waals surface area (Å²) in [4.78, 5) is 4.95. The van der Waals surface area contributed by atoms with E-state index in [1.54, 1.807) is 5.57 Å². The molecule has 256 valence electrons. The second kappa shape index (κ2) is 12.6. The Labute approximate surface area is 314 Å². The van der Waals surface area contributed by atoms with Gasteiger partial charge >= 0.3 is 0 Å². The quantitative estimate of drug-likeness (QED) is 0.176. The van der Waals surface area contributed by atoms with Gasteiger partial charge in [-0.2, -0.15) is 0 Å². The number of benzene rings is 4. The van der Waals surface area contributed by atoms with Crippen LogP contribution >= 0.6 is 0 Å². The van der Waals surface area contributed by atoms with Crippen LogP contribution in [0.25, 0.3) is 11.1 Å². The fourth-order valence-electron chi connectivity index (χ4n) is 9.81. The van der Waals surface area contributed by atoms with E-state index in [4.69, 9.17) is 0 Å². The average Bonchev–Trinajstić information content (AvgIpc) is 3.66. The van der Waals surface area contributed by atoms with Gasteiger partial charge in [-0.25, -0.2) is 0 Å². The van der Waals surface area contributed by atoms with Crippen molar-refractivity contribution in [3.63, 3.8) is 0 Å². The van der Waals surface area contributed by atoms with E-state index in [0.29, 0.717) is 0 Å². The Morgan fingerprint density at radius 3 is 2.36 bits per heavy atom. The molecule has 0 bridgehead atoms. The smallest absolute Gasteiger partial charge is 0.0973 e. The van der Waals surface area contributed by atoms with Crippen LogP contribution < -0.4 is 9.80 Å². The van der Waals surface area contributed by atoms with Crippen LogP contribution in [-0.4, -0.2) is 6.04 Å². The molecule has 2 unspecified atom stereocenters. The van der Waals surface area contributed by atoms with Crippen LogP contribution in [0.15, 0.2) is 174 Å². The van der Waals surface area contributed by atoms with E-state index < -0.39 is 0 Å². The third-order valence-electron chi connectivity index (χ3n) is 11.9. The summed E-state index contributed by atoms with van der Waals surface area (Å²) in [5.41, 5.74) is 19.6. The summed E-state index contributed by atoms with van der Waals surface area (Å²) in [6.07, 6.45) is 19.6. The van der Waals surface area contributed by atoms with Crippen molar-refractivity contribution >= 4 is 33.9 Å². The van der Waals surface area contributed by atoms with Gasteiger partial charge in [-0.05, 0) is 157 Å². The fourth-order valence-corrected chi connectivity index (χ4v) is 9.81. The van der Waals surface area contributed by atoms with Crippen molar-refractivity contribution in [3.05, 3.63) is 214 Å². The lowest BCUT2D eigenvalue weighted by molar-refractivity contribution is 0.630. The molecule has 5 aliphatic carbocycles. The highest BCUT2D eigenvalue weighted by molar-refractivity contribution is 5.99. The number of anilines is 4. The molecule has 5 aromatic carbocycles. The Bertz CT molecular complexity index is 2450. The van der Waals surface area contributed by atoms with Crippen molar-refractivity contribution in [1.29, 1.82) is 0 Å². The average molecular weight is 683 g/mol. The summed E-state index contributed by atoms with van der Waals surface area (Å²) < 4.78 is 0. The minimum absolute atomic E-state index is 0.144. The Hall–Kier alpha value is -6.04. The number of aryl methyl sites for hydroxylation is 1. The number of para-hydroxylation sites is 1. The van der Waals surface area contributed by atoms with E-state index in [2.05, 4.69) is 181 Å². The number of allylic oxidation sites excluding steroid dienone is 9.